The second-order valence-corrected chi connectivity index (χ2v) is 6.30. The van der Waals surface area contributed by atoms with Crippen molar-refractivity contribution in [3.8, 4) is 0 Å². The Morgan fingerprint density at radius 2 is 1.91 bits per heavy atom. The number of nitrogens with zero attached hydrogens (tertiary/aromatic N) is 2. The Bertz CT molecular complexity index is 628. The van der Waals surface area contributed by atoms with Gasteiger partial charge in [-0.15, -0.1) is 0 Å². The summed E-state index contributed by atoms with van der Waals surface area (Å²) in [6.45, 7) is 7.16. The van der Waals surface area contributed by atoms with Crippen LogP contribution in [-0.4, -0.2) is 16.5 Å². The molecule has 5 heteroatoms. The minimum absolute atomic E-state index is 0.685. The maximum atomic E-state index is 4.53. The predicted octanol–water partition coefficient (Wildman–Crippen LogP) is 5.20. The maximum absolute atomic E-state index is 4.53. The van der Waals surface area contributed by atoms with Gasteiger partial charge in [0.05, 0.1) is 0 Å². The Balaban J connectivity index is 2.06. The van der Waals surface area contributed by atoms with E-state index in [0.717, 1.165) is 34.6 Å². The first kappa shape index (κ1) is 16.7. The monoisotopic (exact) mass is 362 g/mol. The van der Waals surface area contributed by atoms with Crippen LogP contribution < -0.4 is 10.6 Å². The van der Waals surface area contributed by atoms with Gasteiger partial charge in [0.15, 0.2) is 0 Å². The van der Waals surface area contributed by atoms with E-state index >= 15 is 0 Å². The molecule has 0 atom stereocenters. The van der Waals surface area contributed by atoms with Crippen molar-refractivity contribution in [3.63, 3.8) is 0 Å². The predicted molar refractivity (Wildman–Crippen MR) is 96.9 cm³/mol. The lowest BCUT2D eigenvalue weighted by Gasteiger charge is -2.10. The molecule has 0 spiro atoms. The zero-order valence-electron chi connectivity index (χ0n) is 13.4. The van der Waals surface area contributed by atoms with Gasteiger partial charge in [-0.1, -0.05) is 41.8 Å². The fourth-order valence-electron chi connectivity index (χ4n) is 2.11. The molecule has 118 valence electrons. The number of hydrogen-bond acceptors (Lipinski definition) is 4. The molecule has 0 aliphatic heterocycles. The number of benzene rings is 1. The van der Waals surface area contributed by atoms with Crippen LogP contribution in [0.15, 0.2) is 28.7 Å². The molecule has 0 saturated carbocycles. The van der Waals surface area contributed by atoms with Gasteiger partial charge in [0, 0.05) is 28.5 Å². The molecule has 0 radical (unpaired) electrons. The number of anilines is 3. The van der Waals surface area contributed by atoms with Crippen molar-refractivity contribution in [1.29, 1.82) is 0 Å². The molecule has 1 heterocycles. The molecule has 0 fully saturated rings. The quantitative estimate of drug-likeness (QED) is 0.664. The first-order valence-corrected chi connectivity index (χ1v) is 8.50. The van der Waals surface area contributed by atoms with Gasteiger partial charge in [0.2, 0.25) is 5.95 Å². The molecule has 0 saturated heterocycles. The Morgan fingerprint density at radius 1 is 1.09 bits per heavy atom. The molecule has 0 unspecified atom stereocenters. The molecule has 1 aromatic heterocycles. The van der Waals surface area contributed by atoms with Gasteiger partial charge < -0.3 is 10.6 Å². The van der Waals surface area contributed by atoms with Crippen molar-refractivity contribution in [2.45, 2.75) is 40.0 Å². The number of unbranched alkanes of at least 4 members (excludes halogenated alkanes) is 2. The zero-order valence-corrected chi connectivity index (χ0v) is 15.0. The minimum atomic E-state index is 0.685. The lowest BCUT2D eigenvalue weighted by atomic mass is 10.2. The van der Waals surface area contributed by atoms with Gasteiger partial charge >= 0.3 is 0 Å². The van der Waals surface area contributed by atoms with E-state index < -0.39 is 0 Å². The second-order valence-electron chi connectivity index (χ2n) is 5.44. The van der Waals surface area contributed by atoms with E-state index in [-0.39, 0.29) is 0 Å². The average molecular weight is 363 g/mol. The highest BCUT2D eigenvalue weighted by atomic mass is 79.9. The summed E-state index contributed by atoms with van der Waals surface area (Å²) in [7, 11) is 0. The van der Waals surface area contributed by atoms with E-state index in [9.17, 15) is 0 Å². The first-order valence-electron chi connectivity index (χ1n) is 7.71. The van der Waals surface area contributed by atoms with Crippen LogP contribution >= 0.6 is 15.9 Å². The fraction of sp³-hybridized carbons (Fsp3) is 0.412. The third-order valence-electron chi connectivity index (χ3n) is 3.36. The fourth-order valence-corrected chi connectivity index (χ4v) is 2.48. The lowest BCUT2D eigenvalue weighted by molar-refractivity contribution is 0.740. The maximum Gasteiger partial charge on any atom is 0.224 e. The van der Waals surface area contributed by atoms with E-state index in [1.54, 1.807) is 0 Å². The molecular weight excluding hydrogens is 340 g/mol. The van der Waals surface area contributed by atoms with Gasteiger partial charge in [-0.3, -0.25) is 0 Å². The first-order chi connectivity index (χ1) is 10.6. The molecule has 2 aromatic rings. The second kappa shape index (κ2) is 8.13. The van der Waals surface area contributed by atoms with E-state index in [4.69, 9.17) is 0 Å². The van der Waals surface area contributed by atoms with Gasteiger partial charge in [-0.05, 0) is 38.0 Å². The molecule has 0 aliphatic rings. The molecule has 0 amide bonds. The van der Waals surface area contributed by atoms with Crippen LogP contribution in [0.5, 0.6) is 0 Å². The lowest BCUT2D eigenvalue weighted by Crippen LogP contribution is -2.07. The van der Waals surface area contributed by atoms with Crippen LogP contribution in [0.25, 0.3) is 0 Å². The van der Waals surface area contributed by atoms with Gasteiger partial charge in [0.1, 0.15) is 5.82 Å². The Labute approximate surface area is 140 Å². The van der Waals surface area contributed by atoms with Crippen molar-refractivity contribution in [2.75, 3.05) is 17.2 Å². The molecule has 1 aromatic carbocycles. The van der Waals surface area contributed by atoms with E-state index in [0.29, 0.717) is 5.95 Å². The smallest absolute Gasteiger partial charge is 0.224 e. The van der Waals surface area contributed by atoms with E-state index in [1.807, 2.05) is 19.1 Å². The number of rotatable bonds is 7. The molecule has 0 bridgehead atoms. The van der Waals surface area contributed by atoms with Gasteiger partial charge in [-0.2, -0.15) is 4.98 Å². The van der Waals surface area contributed by atoms with Crippen LogP contribution in [0.4, 0.5) is 17.5 Å². The standard InChI is InChI=1S/C17H23BrN4/c1-4-5-6-9-19-17-20-13(3)10-16(22-17)21-14-8-7-12(2)15(18)11-14/h7-8,10-11H,4-6,9H2,1-3H3,(H2,19,20,21,22). The van der Waals surface area contributed by atoms with E-state index in [1.165, 1.54) is 18.4 Å². The number of nitrogens with one attached hydrogen (secondary N) is 2. The summed E-state index contributed by atoms with van der Waals surface area (Å²) < 4.78 is 1.08. The van der Waals surface area contributed by atoms with Crippen molar-refractivity contribution >= 4 is 33.4 Å². The molecule has 2 N–H and O–H groups in total. The number of aromatic nitrogens is 2. The zero-order chi connectivity index (χ0) is 15.9. The number of halogens is 1. The van der Waals surface area contributed by atoms with Gasteiger partial charge in [0.25, 0.3) is 0 Å². The van der Waals surface area contributed by atoms with Gasteiger partial charge in [-0.25, -0.2) is 4.98 Å². The van der Waals surface area contributed by atoms with Crippen molar-refractivity contribution in [1.82, 2.24) is 9.97 Å². The van der Waals surface area contributed by atoms with E-state index in [2.05, 4.69) is 62.5 Å². The summed E-state index contributed by atoms with van der Waals surface area (Å²) in [6, 6.07) is 8.13. The number of hydrogen-bond donors (Lipinski definition) is 2. The molecule has 4 nitrogen and oxygen atoms in total. The Kier molecular flexibility index (Phi) is 6.19. The Hall–Kier alpha value is -1.62. The van der Waals surface area contributed by atoms with Crippen molar-refractivity contribution in [3.05, 3.63) is 40.0 Å². The van der Waals surface area contributed by atoms with Crippen LogP contribution in [0.3, 0.4) is 0 Å². The summed E-state index contributed by atoms with van der Waals surface area (Å²) in [5.41, 5.74) is 3.16. The summed E-state index contributed by atoms with van der Waals surface area (Å²) in [6.07, 6.45) is 3.58. The van der Waals surface area contributed by atoms with Crippen LogP contribution in [-0.2, 0) is 0 Å². The highest BCUT2D eigenvalue weighted by Crippen LogP contribution is 2.23. The topological polar surface area (TPSA) is 49.8 Å². The molecule has 22 heavy (non-hydrogen) atoms. The summed E-state index contributed by atoms with van der Waals surface area (Å²) >= 11 is 3.55. The van der Waals surface area contributed by atoms with Crippen LogP contribution in [0.2, 0.25) is 0 Å². The largest absolute Gasteiger partial charge is 0.354 e. The third kappa shape index (κ3) is 4.98. The summed E-state index contributed by atoms with van der Waals surface area (Å²) in [5, 5.41) is 6.63. The highest BCUT2D eigenvalue weighted by molar-refractivity contribution is 9.10. The Morgan fingerprint density at radius 3 is 2.64 bits per heavy atom. The normalized spacial score (nSPS) is 10.5. The molecule has 2 rings (SSSR count). The highest BCUT2D eigenvalue weighted by Gasteiger charge is 2.04. The number of aryl methyl sites for hydroxylation is 2. The SMILES string of the molecule is CCCCCNc1nc(C)cc(Nc2ccc(C)c(Br)c2)n1. The molecular formula is C17H23BrN4. The van der Waals surface area contributed by atoms with Crippen LogP contribution in [0, 0.1) is 13.8 Å². The van der Waals surface area contributed by atoms with Crippen LogP contribution in [0.1, 0.15) is 37.4 Å². The summed E-state index contributed by atoms with van der Waals surface area (Å²) in [5.74, 6) is 1.49. The van der Waals surface area contributed by atoms with Crippen molar-refractivity contribution in [2.24, 2.45) is 0 Å². The summed E-state index contributed by atoms with van der Waals surface area (Å²) in [4.78, 5) is 8.96. The minimum Gasteiger partial charge on any atom is -0.354 e. The third-order valence-corrected chi connectivity index (χ3v) is 4.22. The molecule has 0 aliphatic carbocycles. The van der Waals surface area contributed by atoms with Crippen molar-refractivity contribution < 1.29 is 0 Å². The average Bonchev–Trinajstić information content (AvgIpc) is 2.47.